The fourth-order valence-corrected chi connectivity index (χ4v) is 2.85. The van der Waals surface area contributed by atoms with Crippen molar-refractivity contribution in [2.24, 2.45) is 16.6 Å². The molecule has 23 heavy (non-hydrogen) atoms. The lowest BCUT2D eigenvalue weighted by molar-refractivity contribution is 0.180. The Morgan fingerprint density at radius 2 is 2.00 bits per heavy atom. The molecule has 0 atom stereocenters. The molecule has 0 aliphatic carbocycles. The summed E-state index contributed by atoms with van der Waals surface area (Å²) in [6, 6.07) is 8.36. The van der Waals surface area contributed by atoms with E-state index in [1.807, 2.05) is 12.1 Å². The van der Waals surface area contributed by atoms with Crippen LogP contribution >= 0.6 is 0 Å². The number of piperidine rings is 1. The van der Waals surface area contributed by atoms with E-state index in [0.717, 1.165) is 44.9 Å². The van der Waals surface area contributed by atoms with Crippen LogP contribution in [0.4, 0.5) is 0 Å². The maximum atomic E-state index is 5.85. The summed E-state index contributed by atoms with van der Waals surface area (Å²) in [6.45, 7) is 7.15. The topological polar surface area (TPSA) is 62.9 Å². The maximum Gasteiger partial charge on any atom is 0.188 e. The van der Waals surface area contributed by atoms with Gasteiger partial charge in [0.25, 0.3) is 0 Å². The monoisotopic (exact) mass is 318 g/mol. The van der Waals surface area contributed by atoms with Crippen molar-refractivity contribution in [2.75, 3.05) is 33.3 Å². The zero-order valence-electron chi connectivity index (χ0n) is 14.4. The number of nitrogens with one attached hydrogen (secondary N) is 1. The molecule has 5 heteroatoms. The molecule has 1 heterocycles. The van der Waals surface area contributed by atoms with Gasteiger partial charge in [-0.05, 0) is 56.0 Å². The smallest absolute Gasteiger partial charge is 0.188 e. The Kier molecular flexibility index (Phi) is 7.20. The van der Waals surface area contributed by atoms with E-state index in [9.17, 15) is 0 Å². The number of benzene rings is 1. The van der Waals surface area contributed by atoms with Gasteiger partial charge in [-0.1, -0.05) is 19.1 Å². The van der Waals surface area contributed by atoms with Gasteiger partial charge in [0, 0.05) is 19.6 Å². The number of nitrogens with zero attached hydrogens (tertiary/aromatic N) is 2. The normalized spacial score (nSPS) is 17.2. The van der Waals surface area contributed by atoms with Crippen LogP contribution in [0.25, 0.3) is 0 Å². The number of hydrogen-bond acceptors (Lipinski definition) is 3. The average Bonchev–Trinajstić information content (AvgIpc) is 2.60. The van der Waals surface area contributed by atoms with Crippen LogP contribution in [0.2, 0.25) is 0 Å². The molecule has 0 aromatic heterocycles. The number of aliphatic imine (C=N–C) groups is 1. The van der Waals surface area contributed by atoms with Crippen molar-refractivity contribution >= 4 is 5.96 Å². The number of ether oxygens (including phenoxy) is 1. The number of nitrogens with two attached hydrogens (primary N) is 1. The molecule has 128 valence electrons. The molecular formula is C18H30N4O. The molecule has 0 saturated carbocycles. The van der Waals surface area contributed by atoms with Gasteiger partial charge in [0.15, 0.2) is 5.96 Å². The van der Waals surface area contributed by atoms with Crippen molar-refractivity contribution in [2.45, 2.75) is 32.7 Å². The average molecular weight is 318 g/mol. The van der Waals surface area contributed by atoms with Gasteiger partial charge in [0.1, 0.15) is 5.75 Å². The highest BCUT2D eigenvalue weighted by Crippen LogP contribution is 2.20. The van der Waals surface area contributed by atoms with Crippen LogP contribution < -0.4 is 15.8 Å². The highest BCUT2D eigenvalue weighted by atomic mass is 16.5. The molecule has 1 aromatic carbocycles. The summed E-state index contributed by atoms with van der Waals surface area (Å²) in [5.41, 5.74) is 7.19. The van der Waals surface area contributed by atoms with Crippen LogP contribution in [0, 0.1) is 5.92 Å². The minimum atomic E-state index is 0.590. The first kappa shape index (κ1) is 17.6. The van der Waals surface area contributed by atoms with E-state index in [1.165, 1.54) is 18.4 Å². The molecule has 1 aliphatic rings. The lowest BCUT2D eigenvalue weighted by atomic mass is 9.96. The SMILES string of the molecule is CCCNC(N)=NCC1CCN(Cc2ccc(OC)cc2)CC1. The van der Waals surface area contributed by atoms with Gasteiger partial charge in [-0.2, -0.15) is 0 Å². The quantitative estimate of drug-likeness (QED) is 0.598. The maximum absolute atomic E-state index is 5.85. The molecular weight excluding hydrogens is 288 g/mol. The summed E-state index contributed by atoms with van der Waals surface area (Å²) >= 11 is 0. The van der Waals surface area contributed by atoms with E-state index in [-0.39, 0.29) is 0 Å². The van der Waals surface area contributed by atoms with Crippen LogP contribution in [-0.2, 0) is 6.54 Å². The molecule has 5 nitrogen and oxygen atoms in total. The second kappa shape index (κ2) is 9.40. The Balaban J connectivity index is 1.71. The Labute approximate surface area is 139 Å². The van der Waals surface area contributed by atoms with Crippen LogP contribution in [-0.4, -0.2) is 44.1 Å². The van der Waals surface area contributed by atoms with Gasteiger partial charge in [0.05, 0.1) is 7.11 Å². The number of hydrogen-bond donors (Lipinski definition) is 2. The summed E-state index contributed by atoms with van der Waals surface area (Å²) in [4.78, 5) is 6.98. The van der Waals surface area contributed by atoms with E-state index < -0.39 is 0 Å². The van der Waals surface area contributed by atoms with E-state index in [2.05, 4.69) is 34.3 Å². The first-order chi connectivity index (χ1) is 11.2. The van der Waals surface area contributed by atoms with Crippen molar-refractivity contribution in [1.29, 1.82) is 0 Å². The lowest BCUT2D eigenvalue weighted by Crippen LogP contribution is -2.36. The lowest BCUT2D eigenvalue weighted by Gasteiger charge is -2.31. The second-order valence-corrected chi connectivity index (χ2v) is 6.22. The van der Waals surface area contributed by atoms with E-state index in [0.29, 0.717) is 11.9 Å². The third-order valence-electron chi connectivity index (χ3n) is 4.35. The van der Waals surface area contributed by atoms with Crippen LogP contribution in [0.5, 0.6) is 5.75 Å². The van der Waals surface area contributed by atoms with Crippen molar-refractivity contribution in [3.05, 3.63) is 29.8 Å². The molecule has 0 bridgehead atoms. The predicted octanol–water partition coefficient (Wildman–Crippen LogP) is 2.22. The van der Waals surface area contributed by atoms with Crippen LogP contribution in [0.3, 0.4) is 0 Å². The summed E-state index contributed by atoms with van der Waals surface area (Å²) in [5.74, 6) is 2.16. The predicted molar refractivity (Wildman–Crippen MR) is 95.8 cm³/mol. The minimum Gasteiger partial charge on any atom is -0.497 e. The van der Waals surface area contributed by atoms with Crippen LogP contribution in [0.15, 0.2) is 29.3 Å². The van der Waals surface area contributed by atoms with Gasteiger partial charge in [-0.15, -0.1) is 0 Å². The number of guanidine groups is 1. The first-order valence-electron chi connectivity index (χ1n) is 8.60. The van der Waals surface area contributed by atoms with E-state index >= 15 is 0 Å². The van der Waals surface area contributed by atoms with Crippen molar-refractivity contribution < 1.29 is 4.74 Å². The first-order valence-corrected chi connectivity index (χ1v) is 8.60. The minimum absolute atomic E-state index is 0.590. The third kappa shape index (κ3) is 6.10. The summed E-state index contributed by atoms with van der Waals surface area (Å²) in [7, 11) is 1.70. The number of methoxy groups -OCH3 is 1. The summed E-state index contributed by atoms with van der Waals surface area (Å²) < 4.78 is 5.20. The zero-order chi connectivity index (χ0) is 16.5. The van der Waals surface area contributed by atoms with Crippen LogP contribution in [0.1, 0.15) is 31.7 Å². The fraction of sp³-hybridized carbons (Fsp3) is 0.611. The molecule has 1 saturated heterocycles. The van der Waals surface area contributed by atoms with Gasteiger partial charge in [-0.25, -0.2) is 0 Å². The van der Waals surface area contributed by atoms with Crippen molar-refractivity contribution in [3.63, 3.8) is 0 Å². The Morgan fingerprint density at radius 3 is 2.61 bits per heavy atom. The van der Waals surface area contributed by atoms with Gasteiger partial charge < -0.3 is 15.8 Å². The molecule has 1 aliphatic heterocycles. The second-order valence-electron chi connectivity index (χ2n) is 6.22. The molecule has 2 rings (SSSR count). The number of likely N-dealkylation sites (tertiary alicyclic amines) is 1. The third-order valence-corrected chi connectivity index (χ3v) is 4.35. The highest BCUT2D eigenvalue weighted by Gasteiger charge is 2.19. The van der Waals surface area contributed by atoms with Gasteiger partial charge in [0.2, 0.25) is 0 Å². The Morgan fingerprint density at radius 1 is 1.30 bits per heavy atom. The molecule has 0 unspecified atom stereocenters. The molecule has 0 radical (unpaired) electrons. The van der Waals surface area contributed by atoms with E-state index in [4.69, 9.17) is 10.5 Å². The summed E-state index contributed by atoms with van der Waals surface area (Å²) in [6.07, 6.45) is 3.46. The standard InChI is InChI=1S/C18H30N4O/c1-3-10-20-18(19)21-13-15-8-11-22(12-9-15)14-16-4-6-17(23-2)7-5-16/h4-7,15H,3,8-14H2,1-2H3,(H3,19,20,21). The largest absolute Gasteiger partial charge is 0.497 e. The molecule has 1 fully saturated rings. The van der Waals surface area contributed by atoms with Gasteiger partial charge >= 0.3 is 0 Å². The Hall–Kier alpha value is -1.75. The van der Waals surface area contributed by atoms with Gasteiger partial charge in [-0.3, -0.25) is 9.89 Å². The Bertz CT molecular complexity index is 478. The number of rotatable bonds is 7. The van der Waals surface area contributed by atoms with Crippen molar-refractivity contribution in [1.82, 2.24) is 10.2 Å². The molecule has 1 aromatic rings. The van der Waals surface area contributed by atoms with Crippen molar-refractivity contribution in [3.8, 4) is 5.75 Å². The molecule has 0 amide bonds. The summed E-state index contributed by atoms with van der Waals surface area (Å²) in [5, 5.41) is 3.13. The molecule has 0 spiro atoms. The highest BCUT2D eigenvalue weighted by molar-refractivity contribution is 5.77. The fourth-order valence-electron chi connectivity index (χ4n) is 2.85. The molecule has 3 N–H and O–H groups in total. The van der Waals surface area contributed by atoms with E-state index in [1.54, 1.807) is 7.11 Å². The zero-order valence-corrected chi connectivity index (χ0v) is 14.4.